The summed E-state index contributed by atoms with van der Waals surface area (Å²) >= 11 is 0. The molecule has 1 aliphatic heterocycles. The Morgan fingerprint density at radius 3 is 2.17 bits per heavy atom. The fourth-order valence-electron chi connectivity index (χ4n) is 3.68. The van der Waals surface area contributed by atoms with Crippen LogP contribution in [-0.2, 0) is 0 Å². The molecular formula is C22H27N5O3. The summed E-state index contributed by atoms with van der Waals surface area (Å²) in [6.07, 6.45) is -0.694. The maximum Gasteiger partial charge on any atom is 0.365 e. The zero-order valence-corrected chi connectivity index (χ0v) is 17.2. The van der Waals surface area contributed by atoms with Crippen molar-refractivity contribution in [1.82, 2.24) is 14.5 Å². The summed E-state index contributed by atoms with van der Waals surface area (Å²) in [6.45, 7) is 6.23. The number of nitrogens with zero attached hydrogens (tertiary/aromatic N) is 5. The minimum Gasteiger partial charge on any atom is -0.508 e. The molecule has 4 rings (SSSR count). The Kier molecular flexibility index (Phi) is 5.50. The van der Waals surface area contributed by atoms with Gasteiger partial charge in [0.25, 0.3) is 0 Å². The average Bonchev–Trinajstić information content (AvgIpc) is 3.11. The molecule has 2 heterocycles. The number of benzene rings is 2. The van der Waals surface area contributed by atoms with E-state index in [-0.39, 0.29) is 11.4 Å². The van der Waals surface area contributed by atoms with Crippen LogP contribution in [0.3, 0.4) is 0 Å². The Hall–Kier alpha value is -3.26. The molecule has 1 aliphatic rings. The van der Waals surface area contributed by atoms with Crippen LogP contribution in [0.1, 0.15) is 19.9 Å². The van der Waals surface area contributed by atoms with Crippen LogP contribution in [0, 0.1) is 0 Å². The third-order valence-corrected chi connectivity index (χ3v) is 5.65. The second-order valence-electron chi connectivity index (χ2n) is 7.67. The topological polar surface area (TPSA) is 86.8 Å². The number of hydrogen-bond donors (Lipinski definition) is 2. The quantitative estimate of drug-likeness (QED) is 0.669. The van der Waals surface area contributed by atoms with E-state index >= 15 is 0 Å². The highest BCUT2D eigenvalue weighted by Gasteiger charge is 2.26. The molecular weight excluding hydrogens is 382 g/mol. The molecule has 0 bridgehead atoms. The summed E-state index contributed by atoms with van der Waals surface area (Å²) in [5, 5.41) is 26.1. The van der Waals surface area contributed by atoms with E-state index in [2.05, 4.69) is 10.00 Å². The molecule has 2 N–H and O–H groups in total. The van der Waals surface area contributed by atoms with Crippen LogP contribution in [0.15, 0.2) is 59.4 Å². The molecule has 0 aliphatic carbocycles. The van der Waals surface area contributed by atoms with Gasteiger partial charge < -0.3 is 20.1 Å². The summed E-state index contributed by atoms with van der Waals surface area (Å²) in [4.78, 5) is 15.5. The van der Waals surface area contributed by atoms with Gasteiger partial charge >= 0.3 is 5.69 Å². The van der Waals surface area contributed by atoms with Crippen LogP contribution < -0.4 is 15.6 Å². The second-order valence-corrected chi connectivity index (χ2v) is 7.67. The molecule has 2 aromatic carbocycles. The second kappa shape index (κ2) is 8.23. The molecule has 0 spiro atoms. The number of piperazine rings is 1. The molecule has 0 amide bonds. The number of aromatic hydroxyl groups is 1. The minimum absolute atomic E-state index is 0.246. The molecule has 8 nitrogen and oxygen atoms in total. The van der Waals surface area contributed by atoms with E-state index in [1.165, 1.54) is 4.68 Å². The lowest BCUT2D eigenvalue weighted by Gasteiger charge is -2.37. The van der Waals surface area contributed by atoms with Crippen molar-refractivity contribution in [2.75, 3.05) is 36.1 Å². The van der Waals surface area contributed by atoms with Gasteiger partial charge in [-0.15, -0.1) is 5.10 Å². The first-order valence-electron chi connectivity index (χ1n) is 10.2. The molecule has 3 aromatic rings. The molecule has 1 aromatic heterocycles. The number of aliphatic hydroxyl groups excluding tert-OH is 1. The summed E-state index contributed by atoms with van der Waals surface area (Å²) in [6, 6.07) is 16.4. The van der Waals surface area contributed by atoms with Crippen LogP contribution in [0.2, 0.25) is 0 Å². The van der Waals surface area contributed by atoms with Crippen LogP contribution in [0.5, 0.6) is 5.75 Å². The summed E-state index contributed by atoms with van der Waals surface area (Å²) in [7, 11) is 0. The van der Waals surface area contributed by atoms with Crippen molar-refractivity contribution in [3.8, 4) is 17.1 Å². The summed E-state index contributed by atoms with van der Waals surface area (Å²) in [5.74, 6) is 0.822. The fraction of sp³-hybridized carbons (Fsp3) is 0.364. The Morgan fingerprint density at radius 2 is 1.57 bits per heavy atom. The first-order valence-corrected chi connectivity index (χ1v) is 10.2. The molecule has 30 heavy (non-hydrogen) atoms. The first kappa shape index (κ1) is 20.0. The maximum atomic E-state index is 13.3. The molecule has 158 valence electrons. The van der Waals surface area contributed by atoms with Crippen molar-refractivity contribution >= 4 is 5.69 Å². The van der Waals surface area contributed by atoms with E-state index in [0.29, 0.717) is 18.9 Å². The molecule has 2 atom stereocenters. The third-order valence-electron chi connectivity index (χ3n) is 5.65. The number of hydrogen-bond acceptors (Lipinski definition) is 6. The SMILES string of the molecule is C[C@H](O)[C@@H](C)n1nc(-c2ccccc2)n(N2CCN(c3ccc(O)cc3)CC2)c1=O. The monoisotopic (exact) mass is 409 g/mol. The third kappa shape index (κ3) is 3.78. The van der Waals surface area contributed by atoms with Gasteiger partial charge in [0.05, 0.1) is 25.2 Å². The van der Waals surface area contributed by atoms with Gasteiger partial charge in [-0.05, 0) is 38.1 Å². The molecule has 1 saturated heterocycles. The average molecular weight is 409 g/mol. The Bertz CT molecular complexity index is 1030. The number of anilines is 1. The summed E-state index contributed by atoms with van der Waals surface area (Å²) < 4.78 is 3.02. The fourth-order valence-corrected chi connectivity index (χ4v) is 3.68. The van der Waals surface area contributed by atoms with Crippen molar-refractivity contribution in [2.45, 2.75) is 26.0 Å². The number of rotatable bonds is 5. The first-order chi connectivity index (χ1) is 14.5. The lowest BCUT2D eigenvalue weighted by Crippen LogP contribution is -2.54. The van der Waals surface area contributed by atoms with Gasteiger partial charge in [0.2, 0.25) is 0 Å². The van der Waals surface area contributed by atoms with Gasteiger partial charge in [0, 0.05) is 24.3 Å². The van der Waals surface area contributed by atoms with E-state index < -0.39 is 12.1 Å². The van der Waals surface area contributed by atoms with Crippen LogP contribution in [-0.4, -0.2) is 57.0 Å². The molecule has 0 unspecified atom stereocenters. The van der Waals surface area contributed by atoms with Crippen LogP contribution in [0.4, 0.5) is 5.69 Å². The van der Waals surface area contributed by atoms with Gasteiger partial charge in [-0.3, -0.25) is 0 Å². The molecule has 8 heteroatoms. The highest BCUT2D eigenvalue weighted by Crippen LogP contribution is 2.21. The molecule has 0 radical (unpaired) electrons. The summed E-state index contributed by atoms with van der Waals surface area (Å²) in [5.41, 5.74) is 1.65. The van der Waals surface area contributed by atoms with Crippen molar-refractivity contribution in [1.29, 1.82) is 0 Å². The number of phenolic OH excluding ortho intramolecular Hbond substituents is 1. The van der Waals surface area contributed by atoms with E-state index in [9.17, 15) is 15.0 Å². The maximum absolute atomic E-state index is 13.3. The molecule has 0 saturated carbocycles. The van der Waals surface area contributed by atoms with Crippen LogP contribution in [0.25, 0.3) is 11.4 Å². The van der Waals surface area contributed by atoms with E-state index in [1.807, 2.05) is 47.5 Å². The molecule has 1 fully saturated rings. The Balaban J connectivity index is 1.65. The van der Waals surface area contributed by atoms with E-state index in [1.54, 1.807) is 30.7 Å². The largest absolute Gasteiger partial charge is 0.508 e. The highest BCUT2D eigenvalue weighted by atomic mass is 16.3. The van der Waals surface area contributed by atoms with Gasteiger partial charge in [-0.1, -0.05) is 30.3 Å². The number of aliphatic hydroxyl groups is 1. The van der Waals surface area contributed by atoms with Gasteiger partial charge in [-0.2, -0.15) is 4.68 Å². The minimum atomic E-state index is -0.694. The van der Waals surface area contributed by atoms with Crippen molar-refractivity contribution in [3.05, 3.63) is 65.1 Å². The predicted molar refractivity (Wildman–Crippen MR) is 117 cm³/mol. The van der Waals surface area contributed by atoms with Crippen molar-refractivity contribution in [2.24, 2.45) is 0 Å². The van der Waals surface area contributed by atoms with E-state index in [4.69, 9.17) is 0 Å². The zero-order chi connectivity index (χ0) is 21.3. The number of phenols is 1. The van der Waals surface area contributed by atoms with E-state index in [0.717, 1.165) is 24.3 Å². The Morgan fingerprint density at radius 1 is 0.933 bits per heavy atom. The van der Waals surface area contributed by atoms with Crippen molar-refractivity contribution < 1.29 is 10.2 Å². The van der Waals surface area contributed by atoms with Gasteiger partial charge in [0.1, 0.15) is 5.75 Å². The highest BCUT2D eigenvalue weighted by molar-refractivity contribution is 5.55. The van der Waals surface area contributed by atoms with Gasteiger partial charge in [-0.25, -0.2) is 9.48 Å². The van der Waals surface area contributed by atoms with Gasteiger partial charge in [0.15, 0.2) is 5.82 Å². The standard InChI is InChI=1S/C22H27N5O3/c1-16(17(2)28)26-22(30)27(21(23-26)18-6-4-3-5-7-18)25-14-12-24(13-15-25)19-8-10-20(29)11-9-19/h3-11,16-17,28-29H,12-15H2,1-2H3/t16-,17+/m1/s1. The number of aromatic nitrogens is 3. The van der Waals surface area contributed by atoms with Crippen molar-refractivity contribution in [3.63, 3.8) is 0 Å². The smallest absolute Gasteiger partial charge is 0.365 e. The lowest BCUT2D eigenvalue weighted by molar-refractivity contribution is 0.130. The normalized spacial score (nSPS) is 16.5. The zero-order valence-electron chi connectivity index (χ0n) is 17.2. The predicted octanol–water partition coefficient (Wildman–Crippen LogP) is 1.82. The lowest BCUT2D eigenvalue weighted by atomic mass is 10.2. The Labute approximate surface area is 175 Å². The van der Waals surface area contributed by atoms with Crippen LogP contribution >= 0.6 is 0 Å².